The molecule has 1 aromatic heterocycles. The van der Waals surface area contributed by atoms with Crippen LogP contribution in [0, 0.1) is 0 Å². The number of methoxy groups -OCH3 is 1. The minimum absolute atomic E-state index is 0.00977. The van der Waals surface area contributed by atoms with E-state index < -0.39 is 66.0 Å². The van der Waals surface area contributed by atoms with E-state index in [2.05, 4.69) is 0 Å². The quantitative estimate of drug-likeness (QED) is 0.243. The van der Waals surface area contributed by atoms with Crippen LogP contribution in [0.4, 0.5) is 0 Å². The standard InChI is InChI=1S/C24H24O13/c1-9(26)34-23-20(32)18(30)16(8-25)36-24(23)37-22-19(31)17-13(29)6-11(27)7-15(17)35-21(22)10-3-4-12(28)14(5-10)33-2/h3-7,16,18,20,23-25,27-30,32H,8H2,1-2H3/t16?,18-,20?,23-,24+/m1/s1. The van der Waals surface area contributed by atoms with Crippen molar-refractivity contribution >= 4 is 16.9 Å². The maximum absolute atomic E-state index is 13.5. The molecule has 1 aliphatic heterocycles. The van der Waals surface area contributed by atoms with Crippen LogP contribution in [0.2, 0.25) is 0 Å². The van der Waals surface area contributed by atoms with Gasteiger partial charge >= 0.3 is 5.97 Å². The minimum atomic E-state index is -1.77. The molecule has 1 fully saturated rings. The van der Waals surface area contributed by atoms with Gasteiger partial charge in [0.1, 0.15) is 40.8 Å². The lowest BCUT2D eigenvalue weighted by Gasteiger charge is -2.41. The molecule has 2 aromatic carbocycles. The number of phenolic OH excluding ortho intramolecular Hbond substituents is 3. The molecule has 37 heavy (non-hydrogen) atoms. The molecule has 0 aliphatic carbocycles. The SMILES string of the molecule is COc1cc(-c2oc3cc(O)cc(O)c3c(=O)c2O[C@@H]2OC(CO)[C@@H](O)C(O)[C@H]2OC(C)=O)ccc1O. The van der Waals surface area contributed by atoms with E-state index in [9.17, 15) is 40.2 Å². The highest BCUT2D eigenvalue weighted by atomic mass is 16.7. The molecule has 0 bridgehead atoms. The van der Waals surface area contributed by atoms with E-state index in [1.165, 1.54) is 25.3 Å². The second-order valence-electron chi connectivity index (χ2n) is 8.21. The number of carbonyl (C=O) groups excluding carboxylic acids is 1. The number of ether oxygens (including phenoxy) is 4. The van der Waals surface area contributed by atoms with Gasteiger partial charge in [-0.25, -0.2) is 0 Å². The Labute approximate surface area is 208 Å². The summed E-state index contributed by atoms with van der Waals surface area (Å²) in [5.41, 5.74) is -1.01. The molecule has 2 unspecified atom stereocenters. The second-order valence-corrected chi connectivity index (χ2v) is 8.21. The van der Waals surface area contributed by atoms with Crippen LogP contribution in [0.5, 0.6) is 28.7 Å². The molecule has 13 heteroatoms. The van der Waals surface area contributed by atoms with Crippen LogP contribution < -0.4 is 14.9 Å². The lowest BCUT2D eigenvalue weighted by atomic mass is 9.99. The molecular formula is C24H24O13. The van der Waals surface area contributed by atoms with Crippen LogP contribution >= 0.6 is 0 Å². The summed E-state index contributed by atoms with van der Waals surface area (Å²) in [4.78, 5) is 25.2. The van der Waals surface area contributed by atoms with Crippen LogP contribution in [-0.2, 0) is 14.3 Å². The predicted octanol–water partition coefficient (Wildman–Crippen LogP) is 0.335. The topological polar surface area (TPSA) is 206 Å². The molecule has 1 aliphatic rings. The summed E-state index contributed by atoms with van der Waals surface area (Å²) >= 11 is 0. The molecule has 1 saturated heterocycles. The average molecular weight is 520 g/mol. The van der Waals surface area contributed by atoms with Gasteiger partial charge in [-0.05, 0) is 18.2 Å². The molecule has 198 valence electrons. The molecule has 0 amide bonds. The zero-order valence-corrected chi connectivity index (χ0v) is 19.5. The van der Waals surface area contributed by atoms with E-state index in [1.54, 1.807) is 0 Å². The Morgan fingerprint density at radius 2 is 1.78 bits per heavy atom. The number of hydrogen-bond acceptors (Lipinski definition) is 13. The van der Waals surface area contributed by atoms with Crippen molar-refractivity contribution in [3.05, 3.63) is 40.6 Å². The smallest absolute Gasteiger partial charge is 0.303 e. The van der Waals surface area contributed by atoms with Crippen molar-refractivity contribution in [3.63, 3.8) is 0 Å². The van der Waals surface area contributed by atoms with Crippen molar-refractivity contribution in [2.45, 2.75) is 37.6 Å². The number of carbonyl (C=O) groups is 1. The predicted molar refractivity (Wildman–Crippen MR) is 123 cm³/mol. The first-order chi connectivity index (χ1) is 17.5. The first kappa shape index (κ1) is 26.0. The Bertz CT molecular complexity index is 1380. The molecule has 3 aromatic rings. The Balaban J connectivity index is 1.93. The van der Waals surface area contributed by atoms with Crippen molar-refractivity contribution in [3.8, 4) is 40.1 Å². The molecule has 13 nitrogen and oxygen atoms in total. The van der Waals surface area contributed by atoms with Gasteiger partial charge in [-0.1, -0.05) is 0 Å². The number of esters is 1. The highest BCUT2D eigenvalue weighted by Gasteiger charge is 2.48. The van der Waals surface area contributed by atoms with Gasteiger partial charge in [0, 0.05) is 24.6 Å². The zero-order chi connectivity index (χ0) is 27.0. The summed E-state index contributed by atoms with van der Waals surface area (Å²) in [5.74, 6) is -2.96. The zero-order valence-electron chi connectivity index (χ0n) is 19.5. The Morgan fingerprint density at radius 1 is 1.05 bits per heavy atom. The molecule has 0 radical (unpaired) electrons. The van der Waals surface area contributed by atoms with Crippen molar-refractivity contribution in [2.24, 2.45) is 0 Å². The first-order valence-corrected chi connectivity index (χ1v) is 10.9. The van der Waals surface area contributed by atoms with Crippen LogP contribution in [-0.4, -0.2) is 81.0 Å². The molecular weight excluding hydrogens is 496 g/mol. The summed E-state index contributed by atoms with van der Waals surface area (Å²) in [6.07, 6.45) is -8.16. The fourth-order valence-electron chi connectivity index (χ4n) is 3.97. The third kappa shape index (κ3) is 4.84. The fourth-order valence-corrected chi connectivity index (χ4v) is 3.97. The normalized spacial score (nSPS) is 23.5. The maximum atomic E-state index is 13.5. The third-order valence-electron chi connectivity index (χ3n) is 5.72. The van der Waals surface area contributed by atoms with Gasteiger partial charge < -0.3 is 54.0 Å². The highest BCUT2D eigenvalue weighted by molar-refractivity contribution is 5.88. The van der Waals surface area contributed by atoms with Gasteiger partial charge in [-0.2, -0.15) is 0 Å². The fraction of sp³-hybridized carbons (Fsp3) is 0.333. The highest BCUT2D eigenvalue weighted by Crippen LogP contribution is 2.39. The number of phenols is 3. The van der Waals surface area contributed by atoms with Gasteiger partial charge in [0.2, 0.25) is 17.5 Å². The Morgan fingerprint density at radius 3 is 2.43 bits per heavy atom. The molecule has 4 rings (SSSR count). The molecule has 0 spiro atoms. The van der Waals surface area contributed by atoms with Gasteiger partial charge in [0.05, 0.1) is 13.7 Å². The first-order valence-electron chi connectivity index (χ1n) is 10.9. The van der Waals surface area contributed by atoms with Gasteiger partial charge in [0.25, 0.3) is 0 Å². The monoisotopic (exact) mass is 520 g/mol. The number of aliphatic hydroxyl groups excluding tert-OH is 3. The van der Waals surface area contributed by atoms with Gasteiger partial charge in [-0.15, -0.1) is 0 Å². The van der Waals surface area contributed by atoms with Crippen LogP contribution in [0.15, 0.2) is 39.5 Å². The number of fused-ring (bicyclic) bond motifs is 1. The Hall–Kier alpha value is -4.04. The number of aromatic hydroxyl groups is 3. The van der Waals surface area contributed by atoms with E-state index in [-0.39, 0.29) is 33.8 Å². The number of hydrogen-bond donors (Lipinski definition) is 6. The summed E-state index contributed by atoms with van der Waals surface area (Å²) in [6, 6.07) is 5.92. The van der Waals surface area contributed by atoms with E-state index in [1.807, 2.05) is 0 Å². The third-order valence-corrected chi connectivity index (χ3v) is 5.72. The van der Waals surface area contributed by atoms with Gasteiger partial charge in [0.15, 0.2) is 23.4 Å². The number of benzene rings is 2. The molecule has 0 saturated carbocycles. The molecule has 5 atom stereocenters. The van der Waals surface area contributed by atoms with E-state index in [4.69, 9.17) is 23.4 Å². The summed E-state index contributed by atoms with van der Waals surface area (Å²) in [7, 11) is 1.30. The Kier molecular flexibility index (Phi) is 7.14. The summed E-state index contributed by atoms with van der Waals surface area (Å²) < 4.78 is 27.3. The van der Waals surface area contributed by atoms with Crippen molar-refractivity contribution in [2.75, 3.05) is 13.7 Å². The lowest BCUT2D eigenvalue weighted by Crippen LogP contribution is -2.61. The number of rotatable bonds is 6. The van der Waals surface area contributed by atoms with E-state index >= 15 is 0 Å². The van der Waals surface area contributed by atoms with Crippen LogP contribution in [0.1, 0.15) is 6.92 Å². The van der Waals surface area contributed by atoms with Gasteiger partial charge in [-0.3, -0.25) is 9.59 Å². The number of aliphatic hydroxyl groups is 3. The summed E-state index contributed by atoms with van der Waals surface area (Å²) in [5, 5.41) is 60.2. The van der Waals surface area contributed by atoms with Crippen molar-refractivity contribution in [1.82, 2.24) is 0 Å². The largest absolute Gasteiger partial charge is 0.508 e. The van der Waals surface area contributed by atoms with Crippen molar-refractivity contribution < 1.29 is 58.8 Å². The second kappa shape index (κ2) is 10.1. The van der Waals surface area contributed by atoms with Crippen molar-refractivity contribution in [1.29, 1.82) is 0 Å². The maximum Gasteiger partial charge on any atom is 0.303 e. The molecule has 2 heterocycles. The summed E-state index contributed by atoms with van der Waals surface area (Å²) in [6.45, 7) is 0.288. The van der Waals surface area contributed by atoms with E-state index in [0.29, 0.717) is 0 Å². The minimum Gasteiger partial charge on any atom is -0.508 e. The van der Waals surface area contributed by atoms with Crippen LogP contribution in [0.3, 0.4) is 0 Å². The average Bonchev–Trinajstić information content (AvgIpc) is 2.84. The van der Waals surface area contributed by atoms with E-state index in [0.717, 1.165) is 19.1 Å². The molecule has 6 N–H and O–H groups in total. The lowest BCUT2D eigenvalue weighted by molar-refractivity contribution is -0.282. The van der Waals surface area contributed by atoms with Crippen LogP contribution in [0.25, 0.3) is 22.3 Å².